The molecule has 0 spiro atoms. The summed E-state index contributed by atoms with van der Waals surface area (Å²) in [4.78, 5) is 0. The molecule has 0 N–H and O–H groups in total. The predicted molar refractivity (Wildman–Crippen MR) is 59.2 cm³/mol. The summed E-state index contributed by atoms with van der Waals surface area (Å²) in [6, 6.07) is 0. The van der Waals surface area contributed by atoms with Crippen LogP contribution in [0.25, 0.3) is 0 Å². The first kappa shape index (κ1) is 16.0. The highest BCUT2D eigenvalue weighted by molar-refractivity contribution is 7.89. The molecular formula is C8H13BF4NO2S-. The molecule has 1 rings (SSSR count). The van der Waals surface area contributed by atoms with Gasteiger partial charge in [-0.3, -0.25) is 4.31 Å². The number of halogens is 4. The third-order valence-corrected chi connectivity index (χ3v) is 3.51. The number of hydrogen-bond acceptors (Lipinski definition) is 2. The van der Waals surface area contributed by atoms with Crippen LogP contribution in [0.2, 0.25) is 0 Å². The second-order valence-electron chi connectivity index (χ2n) is 3.15. The molecule has 0 saturated heterocycles. The molecule has 100 valence electrons. The fourth-order valence-corrected chi connectivity index (χ4v) is 2.35. The fraction of sp³-hybridized carbons (Fsp3) is 0.500. The topological polar surface area (TPSA) is 37.4 Å². The Morgan fingerprint density at radius 1 is 1.24 bits per heavy atom. The summed E-state index contributed by atoms with van der Waals surface area (Å²) in [5.41, 5.74) is 0. The third-order valence-electron chi connectivity index (χ3n) is 1.60. The number of hydrogen-bond donors (Lipinski definition) is 0. The summed E-state index contributed by atoms with van der Waals surface area (Å²) in [6.07, 6.45) is 7.67. The molecule has 0 bridgehead atoms. The molecule has 3 nitrogen and oxygen atoms in total. The van der Waals surface area contributed by atoms with Gasteiger partial charge in [-0.15, -0.1) is 0 Å². The van der Waals surface area contributed by atoms with Crippen LogP contribution in [-0.2, 0) is 10.0 Å². The number of sulfonamides is 1. The average Bonchev–Trinajstić information content (AvgIpc) is 2.16. The van der Waals surface area contributed by atoms with Crippen LogP contribution in [-0.4, -0.2) is 32.3 Å². The van der Waals surface area contributed by atoms with Gasteiger partial charge < -0.3 is 17.3 Å². The van der Waals surface area contributed by atoms with E-state index in [0.717, 1.165) is 0 Å². The van der Waals surface area contributed by atoms with Gasteiger partial charge in [-0.25, -0.2) is 8.42 Å². The Labute approximate surface area is 98.0 Å². The van der Waals surface area contributed by atoms with E-state index in [0.29, 0.717) is 13.0 Å². The molecule has 1 aliphatic rings. The first-order chi connectivity index (χ1) is 7.67. The molecule has 0 unspecified atom stereocenters. The molecule has 0 aliphatic carbocycles. The van der Waals surface area contributed by atoms with E-state index >= 15 is 0 Å². The normalized spacial score (nSPS) is 15.5. The molecule has 0 aromatic heterocycles. The summed E-state index contributed by atoms with van der Waals surface area (Å²) in [6.45, 7) is 2.33. The highest BCUT2D eigenvalue weighted by Gasteiger charge is 2.20. The van der Waals surface area contributed by atoms with Gasteiger partial charge in [0.1, 0.15) is 0 Å². The Morgan fingerprint density at radius 2 is 1.76 bits per heavy atom. The number of nitrogens with zero attached hydrogens (tertiary/aromatic N) is 1. The maximum absolute atomic E-state index is 11.4. The highest BCUT2D eigenvalue weighted by Crippen LogP contribution is 2.07. The lowest BCUT2D eigenvalue weighted by molar-refractivity contribution is 0.368. The maximum atomic E-state index is 11.4. The van der Waals surface area contributed by atoms with E-state index in [2.05, 4.69) is 0 Å². The van der Waals surface area contributed by atoms with Gasteiger partial charge in [-0.1, -0.05) is 19.1 Å². The molecule has 0 fully saturated rings. The molecule has 0 aromatic carbocycles. The van der Waals surface area contributed by atoms with Crippen molar-refractivity contribution in [1.82, 2.24) is 4.31 Å². The standard InChI is InChI=1S/C8H13NO2S.BF4/c1-2-8-12(10,11)9-6-4-3-5-7-9;2-1(3,4)5/h3-6H,2,7-8H2,1H3;/q;-1. The molecule has 0 amide bonds. The second-order valence-corrected chi connectivity index (χ2v) is 5.19. The van der Waals surface area contributed by atoms with E-state index in [1.807, 2.05) is 19.1 Å². The molecule has 0 radical (unpaired) electrons. The van der Waals surface area contributed by atoms with Gasteiger partial charge in [0.25, 0.3) is 0 Å². The van der Waals surface area contributed by atoms with Gasteiger partial charge in [0.15, 0.2) is 0 Å². The van der Waals surface area contributed by atoms with E-state index in [9.17, 15) is 25.7 Å². The van der Waals surface area contributed by atoms with Crippen LogP contribution in [0.4, 0.5) is 17.3 Å². The zero-order valence-electron chi connectivity index (χ0n) is 9.19. The Kier molecular flexibility index (Phi) is 6.29. The molecule has 9 heteroatoms. The molecule has 1 aliphatic heterocycles. The van der Waals surface area contributed by atoms with Crippen LogP contribution in [0.1, 0.15) is 13.3 Å². The lowest BCUT2D eigenvalue weighted by Crippen LogP contribution is -2.29. The minimum absolute atomic E-state index is 0.227. The molecule has 0 aromatic rings. The summed E-state index contributed by atoms with van der Waals surface area (Å²) in [5, 5.41) is 0. The SMILES string of the molecule is CCCS(=O)(=O)N1C=CC=CC1.F[B-](F)(F)F. The molecule has 1 heterocycles. The number of allylic oxidation sites excluding steroid dienone is 2. The van der Waals surface area contributed by atoms with Crippen LogP contribution in [0.15, 0.2) is 24.4 Å². The van der Waals surface area contributed by atoms with Crippen LogP contribution < -0.4 is 0 Å². The molecular weight excluding hydrogens is 261 g/mol. The van der Waals surface area contributed by atoms with Crippen molar-refractivity contribution in [1.29, 1.82) is 0 Å². The van der Waals surface area contributed by atoms with Crippen molar-refractivity contribution < 1.29 is 25.7 Å². The fourth-order valence-electron chi connectivity index (χ4n) is 1.03. The zero-order valence-corrected chi connectivity index (χ0v) is 10.0. The monoisotopic (exact) mass is 274 g/mol. The third kappa shape index (κ3) is 8.79. The minimum Gasteiger partial charge on any atom is -0.418 e. The van der Waals surface area contributed by atoms with Gasteiger partial charge in [0, 0.05) is 6.20 Å². The van der Waals surface area contributed by atoms with Crippen LogP contribution in [0.3, 0.4) is 0 Å². The van der Waals surface area contributed by atoms with Crippen molar-refractivity contribution >= 4 is 17.3 Å². The van der Waals surface area contributed by atoms with Crippen molar-refractivity contribution in [3.05, 3.63) is 24.4 Å². The number of rotatable bonds is 3. The summed E-state index contributed by atoms with van der Waals surface area (Å²) >= 11 is 0. The van der Waals surface area contributed by atoms with Gasteiger partial charge in [-0.2, -0.15) is 0 Å². The second kappa shape index (κ2) is 6.68. The van der Waals surface area contributed by atoms with Crippen LogP contribution in [0, 0.1) is 0 Å². The van der Waals surface area contributed by atoms with E-state index < -0.39 is 17.3 Å². The average molecular weight is 274 g/mol. The molecule has 17 heavy (non-hydrogen) atoms. The summed E-state index contributed by atoms with van der Waals surface area (Å²) < 4.78 is 63.2. The quantitative estimate of drug-likeness (QED) is 0.585. The summed E-state index contributed by atoms with van der Waals surface area (Å²) in [7, 11) is -9.04. The van der Waals surface area contributed by atoms with Gasteiger partial charge in [0.05, 0.1) is 12.3 Å². The van der Waals surface area contributed by atoms with Crippen molar-refractivity contribution in [2.24, 2.45) is 0 Å². The van der Waals surface area contributed by atoms with Crippen LogP contribution >= 0.6 is 0 Å². The van der Waals surface area contributed by atoms with Gasteiger partial charge in [-0.05, 0) is 12.5 Å². The Morgan fingerprint density at radius 3 is 2.12 bits per heavy atom. The maximum Gasteiger partial charge on any atom is 0.673 e. The first-order valence-corrected chi connectivity index (χ1v) is 6.48. The van der Waals surface area contributed by atoms with Gasteiger partial charge >= 0.3 is 7.25 Å². The van der Waals surface area contributed by atoms with E-state index in [1.165, 1.54) is 4.31 Å². The van der Waals surface area contributed by atoms with E-state index in [4.69, 9.17) is 0 Å². The van der Waals surface area contributed by atoms with Crippen molar-refractivity contribution in [3.8, 4) is 0 Å². The largest absolute Gasteiger partial charge is 0.673 e. The smallest absolute Gasteiger partial charge is 0.418 e. The zero-order chi connectivity index (χ0) is 13.5. The van der Waals surface area contributed by atoms with E-state index in [-0.39, 0.29) is 5.75 Å². The van der Waals surface area contributed by atoms with E-state index in [1.54, 1.807) is 12.3 Å². The van der Waals surface area contributed by atoms with Crippen molar-refractivity contribution in [3.63, 3.8) is 0 Å². The Hall–Kier alpha value is -0.985. The Bertz CT molecular complexity index is 371. The first-order valence-electron chi connectivity index (χ1n) is 4.87. The van der Waals surface area contributed by atoms with Crippen LogP contribution in [0.5, 0.6) is 0 Å². The highest BCUT2D eigenvalue weighted by atomic mass is 32.2. The predicted octanol–water partition coefficient (Wildman–Crippen LogP) is 2.41. The molecule has 0 saturated carbocycles. The Balaban J connectivity index is 0.000000437. The van der Waals surface area contributed by atoms with Crippen molar-refractivity contribution in [2.45, 2.75) is 13.3 Å². The minimum atomic E-state index is -6.00. The van der Waals surface area contributed by atoms with Gasteiger partial charge in [0.2, 0.25) is 10.0 Å². The summed E-state index contributed by atoms with van der Waals surface area (Å²) in [5.74, 6) is 0.227. The lowest BCUT2D eigenvalue weighted by atomic mass is 10.3. The van der Waals surface area contributed by atoms with Crippen molar-refractivity contribution in [2.75, 3.05) is 12.3 Å². The lowest BCUT2D eigenvalue weighted by Gasteiger charge is -2.19. The molecule has 0 atom stereocenters.